The Morgan fingerprint density at radius 2 is 0.716 bits per heavy atom. The van der Waals surface area contributed by atoms with Crippen molar-refractivity contribution in [2.75, 3.05) is 13.2 Å². The fourth-order valence-electron chi connectivity index (χ4n) is 12.0. The maximum atomic E-state index is 13.2. The SMILES string of the molecule is CCCCCCCCCCCCCCCCCCCCCCCCCCCCCCCCCCCC(=O)NC(COC1OC(CO)C(O)C(OS(=O)(=O)O)C1O)C(O)CCCCCCCCCCCCCCCCCCCCCCC. The number of carbonyl (C=O) groups is 1. The van der Waals surface area contributed by atoms with Crippen LogP contribution in [0.5, 0.6) is 0 Å². The fraction of sp³-hybridized carbons (Fsp3) is 0.985. The van der Waals surface area contributed by atoms with E-state index in [-0.39, 0.29) is 12.5 Å². The smallest absolute Gasteiger partial charge is 0.394 e. The summed E-state index contributed by atoms with van der Waals surface area (Å²) in [6, 6.07) is -0.855. The van der Waals surface area contributed by atoms with Gasteiger partial charge in [0.05, 0.1) is 25.4 Å². The molecule has 81 heavy (non-hydrogen) atoms. The van der Waals surface area contributed by atoms with Gasteiger partial charge in [-0.3, -0.25) is 9.35 Å². The molecule has 1 rings (SSSR count). The van der Waals surface area contributed by atoms with Crippen molar-refractivity contribution in [2.24, 2.45) is 0 Å². The molecular formula is C68H135NO11S. The molecule has 0 aromatic heterocycles. The van der Waals surface area contributed by atoms with Gasteiger partial charge >= 0.3 is 10.4 Å². The largest absolute Gasteiger partial charge is 0.397 e. The summed E-state index contributed by atoms with van der Waals surface area (Å²) in [5.74, 6) is -0.219. The van der Waals surface area contributed by atoms with E-state index in [9.17, 15) is 38.2 Å². The van der Waals surface area contributed by atoms with Crippen LogP contribution >= 0.6 is 0 Å². The maximum absolute atomic E-state index is 13.2. The zero-order valence-corrected chi connectivity index (χ0v) is 54.0. The van der Waals surface area contributed by atoms with Crippen LogP contribution in [0.15, 0.2) is 0 Å². The van der Waals surface area contributed by atoms with Crippen LogP contribution in [0.1, 0.15) is 373 Å². The minimum atomic E-state index is -5.08. The number of ether oxygens (including phenoxy) is 2. The molecule has 1 heterocycles. The summed E-state index contributed by atoms with van der Waals surface area (Å²) in [5, 5.41) is 45.3. The monoisotopic (exact) mass is 1170 g/mol. The molecule has 0 aromatic rings. The van der Waals surface area contributed by atoms with Gasteiger partial charge in [0.1, 0.15) is 24.4 Å². The Morgan fingerprint density at radius 3 is 0.988 bits per heavy atom. The van der Waals surface area contributed by atoms with Crippen LogP contribution in [-0.4, -0.2) is 95.4 Å². The first-order valence-corrected chi connectivity index (χ1v) is 36.8. The van der Waals surface area contributed by atoms with Crippen molar-refractivity contribution in [2.45, 2.75) is 416 Å². The van der Waals surface area contributed by atoms with Gasteiger partial charge in [-0.05, 0) is 12.8 Å². The Kier molecular flexibility index (Phi) is 56.1. The lowest BCUT2D eigenvalue weighted by Crippen LogP contribution is -2.61. The third-order valence-electron chi connectivity index (χ3n) is 17.4. The van der Waals surface area contributed by atoms with Gasteiger partial charge in [-0.1, -0.05) is 354 Å². The third-order valence-corrected chi connectivity index (χ3v) is 17.9. The second kappa shape index (κ2) is 58.1. The number of unbranched alkanes of at least 4 members (excludes halogenated alkanes) is 52. The van der Waals surface area contributed by atoms with E-state index in [1.165, 1.54) is 295 Å². The Hall–Kier alpha value is -0.900. The van der Waals surface area contributed by atoms with Crippen molar-refractivity contribution < 1.29 is 51.8 Å². The second-order valence-corrected chi connectivity index (χ2v) is 26.2. The van der Waals surface area contributed by atoms with Crippen LogP contribution in [0.2, 0.25) is 0 Å². The number of aliphatic hydroxyl groups excluding tert-OH is 4. The molecule has 1 saturated heterocycles. The molecule has 1 aliphatic heterocycles. The van der Waals surface area contributed by atoms with Crippen molar-refractivity contribution in [1.82, 2.24) is 5.32 Å². The summed E-state index contributed by atoms with van der Waals surface area (Å²) in [6.45, 7) is 3.53. The van der Waals surface area contributed by atoms with Gasteiger partial charge in [0.15, 0.2) is 6.29 Å². The highest BCUT2D eigenvalue weighted by molar-refractivity contribution is 7.80. The fourth-order valence-corrected chi connectivity index (χ4v) is 12.5. The molecule has 12 nitrogen and oxygen atoms in total. The molecule has 484 valence electrons. The average Bonchev–Trinajstić information content (AvgIpc) is 3.50. The van der Waals surface area contributed by atoms with Gasteiger partial charge in [0.2, 0.25) is 5.91 Å². The summed E-state index contributed by atoms with van der Waals surface area (Å²) in [7, 11) is -5.08. The number of aliphatic hydroxyl groups is 4. The first-order valence-electron chi connectivity index (χ1n) is 35.4. The van der Waals surface area contributed by atoms with Crippen molar-refractivity contribution in [3.8, 4) is 0 Å². The average molecular weight is 1170 g/mol. The highest BCUT2D eigenvalue weighted by Gasteiger charge is 2.48. The lowest BCUT2D eigenvalue weighted by Gasteiger charge is -2.41. The Bertz CT molecular complexity index is 1430. The number of carbonyl (C=O) groups excluding carboxylic acids is 1. The molecule has 1 aliphatic rings. The molecule has 0 bridgehead atoms. The summed E-state index contributed by atoms with van der Waals surface area (Å²) < 4.78 is 48.1. The second-order valence-electron chi connectivity index (χ2n) is 25.2. The predicted octanol–water partition coefficient (Wildman–Crippen LogP) is 18.4. The number of nitrogens with one attached hydrogen (secondary N) is 1. The minimum Gasteiger partial charge on any atom is -0.394 e. The highest BCUT2D eigenvalue weighted by atomic mass is 32.3. The van der Waals surface area contributed by atoms with E-state index in [4.69, 9.17) is 9.47 Å². The summed E-state index contributed by atoms with van der Waals surface area (Å²) >= 11 is 0. The lowest BCUT2D eigenvalue weighted by atomic mass is 9.99. The normalized spacial score (nSPS) is 18.4. The molecule has 0 aromatic carbocycles. The molecule has 0 saturated carbocycles. The van der Waals surface area contributed by atoms with Gasteiger partial charge in [-0.2, -0.15) is 8.42 Å². The predicted molar refractivity (Wildman–Crippen MR) is 338 cm³/mol. The van der Waals surface area contributed by atoms with E-state index in [1.807, 2.05) is 0 Å². The molecule has 1 amide bonds. The number of rotatable bonds is 64. The molecule has 0 aliphatic carbocycles. The zero-order valence-electron chi connectivity index (χ0n) is 53.1. The Labute approximate surface area is 500 Å². The molecule has 7 unspecified atom stereocenters. The van der Waals surface area contributed by atoms with Crippen LogP contribution in [0, 0.1) is 0 Å². The number of hydrogen-bond donors (Lipinski definition) is 6. The Morgan fingerprint density at radius 1 is 0.444 bits per heavy atom. The zero-order chi connectivity index (χ0) is 59.0. The van der Waals surface area contributed by atoms with Crippen molar-refractivity contribution in [3.05, 3.63) is 0 Å². The molecular weight excluding hydrogens is 1040 g/mol. The highest BCUT2D eigenvalue weighted by Crippen LogP contribution is 2.27. The first kappa shape index (κ1) is 78.1. The van der Waals surface area contributed by atoms with Crippen LogP contribution < -0.4 is 5.32 Å². The number of hydrogen-bond acceptors (Lipinski definition) is 10. The van der Waals surface area contributed by atoms with E-state index in [2.05, 4.69) is 23.3 Å². The molecule has 7 atom stereocenters. The topological polar surface area (TPSA) is 192 Å². The van der Waals surface area contributed by atoms with E-state index in [0.717, 1.165) is 51.4 Å². The third kappa shape index (κ3) is 49.9. The van der Waals surface area contributed by atoms with E-state index in [0.29, 0.717) is 12.8 Å². The van der Waals surface area contributed by atoms with E-state index < -0.39 is 59.9 Å². The molecule has 1 fully saturated rings. The van der Waals surface area contributed by atoms with Crippen molar-refractivity contribution in [1.29, 1.82) is 0 Å². The standard InChI is InChI=1S/C68H135NO11S/c1-3-5-7-9-11-13-15-17-19-21-23-25-26-27-28-29-30-31-32-33-34-35-36-38-40-42-44-46-48-50-52-54-56-58-64(72)69-61(60-78-68-66(74)67(80-81(75,76)77)65(73)63(59-70)79-68)62(71)57-55-53-51-49-47-45-43-41-39-37-24-22-20-18-16-14-12-10-8-6-4-2/h61-63,65-68,70-71,73-74H,3-60H2,1-2H3,(H,69,72)(H,75,76,77). The van der Waals surface area contributed by atoms with Crippen LogP contribution in [0.3, 0.4) is 0 Å². The van der Waals surface area contributed by atoms with Crippen molar-refractivity contribution >= 4 is 16.3 Å². The van der Waals surface area contributed by atoms with Gasteiger partial charge in [-0.25, -0.2) is 4.18 Å². The van der Waals surface area contributed by atoms with Gasteiger partial charge in [-0.15, -0.1) is 0 Å². The lowest BCUT2D eigenvalue weighted by molar-refractivity contribution is -0.298. The van der Waals surface area contributed by atoms with Gasteiger partial charge in [0, 0.05) is 6.42 Å². The minimum absolute atomic E-state index is 0.219. The van der Waals surface area contributed by atoms with Crippen LogP contribution in [0.4, 0.5) is 0 Å². The molecule has 13 heteroatoms. The summed E-state index contributed by atoms with van der Waals surface area (Å²) in [5.41, 5.74) is 0. The quantitative estimate of drug-likeness (QED) is 0.0251. The maximum Gasteiger partial charge on any atom is 0.397 e. The molecule has 0 spiro atoms. The van der Waals surface area contributed by atoms with Crippen molar-refractivity contribution in [3.63, 3.8) is 0 Å². The molecule has 0 radical (unpaired) electrons. The van der Waals surface area contributed by atoms with E-state index in [1.54, 1.807) is 0 Å². The van der Waals surface area contributed by atoms with Crippen LogP contribution in [-0.2, 0) is 28.9 Å². The Balaban J connectivity index is 2.19. The van der Waals surface area contributed by atoms with Gasteiger partial charge < -0.3 is 35.2 Å². The van der Waals surface area contributed by atoms with Gasteiger partial charge in [0.25, 0.3) is 0 Å². The van der Waals surface area contributed by atoms with E-state index >= 15 is 0 Å². The summed E-state index contributed by atoms with van der Waals surface area (Å²) in [6.07, 6.45) is 62.9. The first-order chi connectivity index (χ1) is 39.5. The molecule has 6 N–H and O–H groups in total. The number of amides is 1. The van der Waals surface area contributed by atoms with Crippen LogP contribution in [0.25, 0.3) is 0 Å². The summed E-state index contributed by atoms with van der Waals surface area (Å²) in [4.78, 5) is 13.2.